The topological polar surface area (TPSA) is 56.0 Å². The van der Waals surface area contributed by atoms with E-state index in [1.807, 2.05) is 12.1 Å². The van der Waals surface area contributed by atoms with Gasteiger partial charge >= 0.3 is 0 Å². The Labute approximate surface area is 102 Å². The number of nitrogens with one attached hydrogen (secondary N) is 1. The van der Waals surface area contributed by atoms with E-state index in [9.17, 15) is 5.11 Å². The number of benzene rings is 1. The van der Waals surface area contributed by atoms with Crippen molar-refractivity contribution in [3.05, 3.63) is 35.4 Å². The molecule has 17 heavy (non-hydrogen) atoms. The lowest BCUT2D eigenvalue weighted by Crippen LogP contribution is -2.27. The summed E-state index contributed by atoms with van der Waals surface area (Å²) >= 11 is 0. The van der Waals surface area contributed by atoms with Gasteiger partial charge in [-0.1, -0.05) is 19.1 Å². The second-order valence-electron chi connectivity index (χ2n) is 5.19. The Morgan fingerprint density at radius 2 is 2.06 bits per heavy atom. The quantitative estimate of drug-likeness (QED) is 0.813. The monoisotopic (exact) mass is 230 g/mol. The molecule has 1 aromatic carbocycles. The fourth-order valence-corrected chi connectivity index (χ4v) is 1.80. The predicted octanol–water partition coefficient (Wildman–Crippen LogP) is 1.98. The minimum Gasteiger partial charge on any atom is -0.387 e. The number of nitrogens with zero attached hydrogens (tertiary/aromatic N) is 1. The lowest BCUT2D eigenvalue weighted by Gasteiger charge is -2.14. The summed E-state index contributed by atoms with van der Waals surface area (Å²) in [5.41, 5.74) is 1.95. The van der Waals surface area contributed by atoms with Crippen LogP contribution in [0.15, 0.2) is 24.3 Å². The van der Waals surface area contributed by atoms with Gasteiger partial charge in [0.05, 0.1) is 17.7 Å². The van der Waals surface area contributed by atoms with E-state index < -0.39 is 6.10 Å². The second kappa shape index (κ2) is 4.87. The molecular formula is C14H18N2O. The van der Waals surface area contributed by atoms with Crippen LogP contribution in [0.4, 0.5) is 0 Å². The fraction of sp³-hybridized carbons (Fsp3) is 0.500. The van der Waals surface area contributed by atoms with Gasteiger partial charge in [0.25, 0.3) is 0 Å². The Morgan fingerprint density at radius 3 is 2.59 bits per heavy atom. The van der Waals surface area contributed by atoms with E-state index in [2.05, 4.69) is 18.3 Å². The van der Waals surface area contributed by atoms with Crippen molar-refractivity contribution in [3.8, 4) is 6.07 Å². The molecule has 3 nitrogen and oxygen atoms in total. The molecule has 1 saturated carbocycles. The highest BCUT2D eigenvalue weighted by molar-refractivity contribution is 5.32. The highest BCUT2D eigenvalue weighted by atomic mass is 16.3. The number of hydrogen-bond acceptors (Lipinski definition) is 3. The summed E-state index contributed by atoms with van der Waals surface area (Å²) < 4.78 is 0. The minimum atomic E-state index is -0.495. The standard InChI is InChI=1S/C14H18N2O/c1-14(6-7-14)10-16-9-13(17)12-4-2-11(8-15)3-5-12/h2-5,13,16-17H,6-7,9-10H2,1H3. The van der Waals surface area contributed by atoms with Crippen LogP contribution in [0.2, 0.25) is 0 Å². The maximum absolute atomic E-state index is 9.96. The summed E-state index contributed by atoms with van der Waals surface area (Å²) in [4.78, 5) is 0. The summed E-state index contributed by atoms with van der Waals surface area (Å²) in [6.45, 7) is 3.80. The first-order chi connectivity index (χ1) is 8.13. The minimum absolute atomic E-state index is 0.463. The van der Waals surface area contributed by atoms with Crippen LogP contribution in [0.5, 0.6) is 0 Å². The van der Waals surface area contributed by atoms with Gasteiger partial charge in [-0.25, -0.2) is 0 Å². The Hall–Kier alpha value is -1.37. The number of aliphatic hydroxyl groups excluding tert-OH is 1. The molecule has 0 bridgehead atoms. The van der Waals surface area contributed by atoms with Crippen LogP contribution in [-0.4, -0.2) is 18.2 Å². The molecule has 1 fully saturated rings. The van der Waals surface area contributed by atoms with E-state index in [1.165, 1.54) is 12.8 Å². The smallest absolute Gasteiger partial charge is 0.0991 e. The zero-order valence-electron chi connectivity index (χ0n) is 10.1. The molecular weight excluding hydrogens is 212 g/mol. The summed E-state index contributed by atoms with van der Waals surface area (Å²) in [5.74, 6) is 0. The lowest BCUT2D eigenvalue weighted by atomic mass is 10.1. The number of hydrogen-bond donors (Lipinski definition) is 2. The normalized spacial score (nSPS) is 18.4. The summed E-state index contributed by atoms with van der Waals surface area (Å²) in [7, 11) is 0. The lowest BCUT2D eigenvalue weighted by molar-refractivity contribution is 0.172. The maximum Gasteiger partial charge on any atom is 0.0991 e. The molecule has 3 heteroatoms. The molecule has 1 aliphatic carbocycles. The van der Waals surface area contributed by atoms with Crippen LogP contribution in [0.1, 0.15) is 37.0 Å². The van der Waals surface area contributed by atoms with Crippen LogP contribution in [0.3, 0.4) is 0 Å². The molecule has 2 rings (SSSR count). The number of nitriles is 1. The molecule has 1 unspecified atom stereocenters. The van der Waals surface area contributed by atoms with Crippen LogP contribution >= 0.6 is 0 Å². The average molecular weight is 230 g/mol. The van der Waals surface area contributed by atoms with Crippen molar-refractivity contribution < 1.29 is 5.11 Å². The van der Waals surface area contributed by atoms with Gasteiger partial charge in [0.2, 0.25) is 0 Å². The molecule has 0 spiro atoms. The first-order valence-electron chi connectivity index (χ1n) is 6.02. The fourth-order valence-electron chi connectivity index (χ4n) is 1.80. The van der Waals surface area contributed by atoms with E-state index in [1.54, 1.807) is 12.1 Å². The summed E-state index contributed by atoms with van der Waals surface area (Å²) in [6.07, 6.45) is 2.07. The average Bonchev–Trinajstić information content (AvgIpc) is 3.07. The molecule has 1 aromatic rings. The van der Waals surface area contributed by atoms with Crippen molar-refractivity contribution in [2.45, 2.75) is 25.9 Å². The Balaban J connectivity index is 1.82. The van der Waals surface area contributed by atoms with E-state index in [-0.39, 0.29) is 0 Å². The van der Waals surface area contributed by atoms with Gasteiger partial charge < -0.3 is 10.4 Å². The molecule has 1 atom stereocenters. The molecule has 0 aliphatic heterocycles. The van der Waals surface area contributed by atoms with E-state index >= 15 is 0 Å². The number of aliphatic hydroxyl groups is 1. The predicted molar refractivity (Wildman–Crippen MR) is 66.3 cm³/mol. The molecule has 90 valence electrons. The van der Waals surface area contributed by atoms with Crippen molar-refractivity contribution in [2.75, 3.05) is 13.1 Å². The number of rotatable bonds is 5. The van der Waals surface area contributed by atoms with Crippen LogP contribution in [-0.2, 0) is 0 Å². The van der Waals surface area contributed by atoms with Crippen LogP contribution in [0, 0.1) is 16.7 Å². The maximum atomic E-state index is 9.96. The van der Waals surface area contributed by atoms with Crippen molar-refractivity contribution in [1.29, 1.82) is 5.26 Å². The summed E-state index contributed by atoms with van der Waals surface area (Å²) in [6, 6.07) is 9.16. The Kier molecular flexibility index (Phi) is 3.46. The zero-order chi connectivity index (χ0) is 12.3. The van der Waals surface area contributed by atoms with Gasteiger partial charge in [0.1, 0.15) is 0 Å². The van der Waals surface area contributed by atoms with E-state index in [0.717, 1.165) is 12.1 Å². The largest absolute Gasteiger partial charge is 0.387 e. The van der Waals surface area contributed by atoms with Gasteiger partial charge in [-0.2, -0.15) is 5.26 Å². The third kappa shape index (κ3) is 3.29. The SMILES string of the molecule is CC1(CNCC(O)c2ccc(C#N)cc2)CC1. The highest BCUT2D eigenvalue weighted by Gasteiger charge is 2.36. The molecule has 1 aliphatic rings. The van der Waals surface area contributed by atoms with Gasteiger partial charge in [-0.3, -0.25) is 0 Å². The Morgan fingerprint density at radius 1 is 1.41 bits per heavy atom. The first-order valence-corrected chi connectivity index (χ1v) is 6.02. The van der Waals surface area contributed by atoms with E-state index in [4.69, 9.17) is 5.26 Å². The molecule has 0 aromatic heterocycles. The van der Waals surface area contributed by atoms with Crippen molar-refractivity contribution >= 4 is 0 Å². The third-order valence-corrected chi connectivity index (χ3v) is 3.42. The molecule has 0 heterocycles. The van der Waals surface area contributed by atoms with Crippen molar-refractivity contribution in [1.82, 2.24) is 5.32 Å². The summed E-state index contributed by atoms with van der Waals surface area (Å²) in [5, 5.41) is 21.9. The highest BCUT2D eigenvalue weighted by Crippen LogP contribution is 2.44. The van der Waals surface area contributed by atoms with Gasteiger partial charge in [-0.05, 0) is 36.0 Å². The third-order valence-electron chi connectivity index (χ3n) is 3.42. The van der Waals surface area contributed by atoms with Crippen molar-refractivity contribution in [2.24, 2.45) is 5.41 Å². The zero-order valence-corrected chi connectivity index (χ0v) is 10.1. The molecule has 2 N–H and O–H groups in total. The second-order valence-corrected chi connectivity index (χ2v) is 5.19. The van der Waals surface area contributed by atoms with Crippen LogP contribution in [0.25, 0.3) is 0 Å². The molecule has 0 amide bonds. The van der Waals surface area contributed by atoms with E-state index in [0.29, 0.717) is 17.5 Å². The van der Waals surface area contributed by atoms with Crippen molar-refractivity contribution in [3.63, 3.8) is 0 Å². The van der Waals surface area contributed by atoms with Crippen LogP contribution < -0.4 is 5.32 Å². The van der Waals surface area contributed by atoms with Gasteiger partial charge in [0.15, 0.2) is 0 Å². The van der Waals surface area contributed by atoms with Gasteiger partial charge in [0, 0.05) is 13.1 Å². The molecule has 0 radical (unpaired) electrons. The Bertz CT molecular complexity index is 415. The van der Waals surface area contributed by atoms with Gasteiger partial charge in [-0.15, -0.1) is 0 Å². The first kappa shape index (κ1) is 12.1. The molecule has 0 saturated heterocycles.